The van der Waals surface area contributed by atoms with Gasteiger partial charge in [-0.05, 0) is 48.6 Å². The molecule has 3 nitrogen and oxygen atoms in total. The topological polar surface area (TPSA) is 38.3 Å². The van der Waals surface area contributed by atoms with Gasteiger partial charge in [-0.1, -0.05) is 61.2 Å². The summed E-state index contributed by atoms with van der Waals surface area (Å²) in [5, 5.41) is 3.72. The average Bonchev–Trinajstić information content (AvgIpc) is 2.69. The summed E-state index contributed by atoms with van der Waals surface area (Å²) in [6, 6.07) is 17.6. The molecule has 0 saturated heterocycles. The molecule has 1 aliphatic carbocycles. The zero-order chi connectivity index (χ0) is 18.2. The van der Waals surface area contributed by atoms with Crippen LogP contribution in [0.2, 0.25) is 5.02 Å². The zero-order valence-electron chi connectivity index (χ0n) is 15.0. The minimum atomic E-state index is -0.0864. The third kappa shape index (κ3) is 5.50. The number of hydrogen-bond donors (Lipinski definition) is 1. The fraction of sp³-hybridized carbons (Fsp3) is 0.409. The monoisotopic (exact) mass is 371 g/mol. The van der Waals surface area contributed by atoms with Gasteiger partial charge in [-0.3, -0.25) is 4.79 Å². The molecule has 2 aromatic carbocycles. The number of carbonyl (C=O) groups excluding carboxylic acids is 1. The van der Waals surface area contributed by atoms with Crippen molar-refractivity contribution < 1.29 is 9.53 Å². The highest BCUT2D eigenvalue weighted by atomic mass is 35.5. The molecule has 2 aromatic rings. The van der Waals surface area contributed by atoms with Crippen molar-refractivity contribution in [2.75, 3.05) is 13.2 Å². The third-order valence-corrected chi connectivity index (χ3v) is 5.40. The molecule has 0 aliphatic heterocycles. The maximum absolute atomic E-state index is 12.2. The Bertz CT molecular complexity index is 681. The van der Waals surface area contributed by atoms with Gasteiger partial charge in [-0.15, -0.1) is 0 Å². The van der Waals surface area contributed by atoms with E-state index in [0.29, 0.717) is 29.2 Å². The number of halogens is 1. The first-order valence-electron chi connectivity index (χ1n) is 9.42. The van der Waals surface area contributed by atoms with Crippen molar-refractivity contribution in [3.05, 3.63) is 65.2 Å². The van der Waals surface area contributed by atoms with Gasteiger partial charge in [0, 0.05) is 17.5 Å². The molecule has 0 spiro atoms. The SMILES string of the molecule is O=C(COc1ccc(Cl)cc1)NC[C@H](c1ccccc1)C1CCCCC1. The van der Waals surface area contributed by atoms with Crippen LogP contribution in [0, 0.1) is 5.92 Å². The predicted molar refractivity (Wildman–Crippen MR) is 106 cm³/mol. The summed E-state index contributed by atoms with van der Waals surface area (Å²) in [4.78, 5) is 12.2. The van der Waals surface area contributed by atoms with Crippen LogP contribution in [0.4, 0.5) is 0 Å². The number of ether oxygens (including phenoxy) is 1. The van der Waals surface area contributed by atoms with Gasteiger partial charge in [-0.2, -0.15) is 0 Å². The zero-order valence-corrected chi connectivity index (χ0v) is 15.8. The normalized spacial score (nSPS) is 16.0. The van der Waals surface area contributed by atoms with Crippen LogP contribution in [0.1, 0.15) is 43.6 Å². The Labute approximate surface area is 160 Å². The van der Waals surface area contributed by atoms with Crippen molar-refractivity contribution in [2.45, 2.75) is 38.0 Å². The molecule has 1 fully saturated rings. The van der Waals surface area contributed by atoms with E-state index in [2.05, 4.69) is 29.6 Å². The first kappa shape index (κ1) is 18.8. The summed E-state index contributed by atoms with van der Waals surface area (Å²) in [6.07, 6.45) is 6.41. The standard InChI is InChI=1S/C22H26ClNO2/c23-19-11-13-20(14-12-19)26-16-22(25)24-15-21(17-7-3-1-4-8-17)18-9-5-2-6-10-18/h1,3-4,7-8,11-14,18,21H,2,5-6,9-10,15-16H2,(H,24,25)/t21-/m1/s1. The first-order valence-corrected chi connectivity index (χ1v) is 9.80. The van der Waals surface area contributed by atoms with E-state index in [1.54, 1.807) is 24.3 Å². The van der Waals surface area contributed by atoms with Gasteiger partial charge < -0.3 is 10.1 Å². The minimum Gasteiger partial charge on any atom is -0.484 e. The second-order valence-electron chi connectivity index (χ2n) is 6.96. The van der Waals surface area contributed by atoms with Gasteiger partial charge in [0.05, 0.1) is 0 Å². The second-order valence-corrected chi connectivity index (χ2v) is 7.40. The Morgan fingerprint density at radius 3 is 2.42 bits per heavy atom. The van der Waals surface area contributed by atoms with E-state index in [9.17, 15) is 4.79 Å². The van der Waals surface area contributed by atoms with Gasteiger partial charge in [-0.25, -0.2) is 0 Å². The van der Waals surface area contributed by atoms with Gasteiger partial charge in [0.15, 0.2) is 6.61 Å². The molecule has 1 aliphatic rings. The lowest BCUT2D eigenvalue weighted by molar-refractivity contribution is -0.123. The second kappa shape index (κ2) is 9.63. The Balaban J connectivity index is 1.54. The minimum absolute atomic E-state index is 0.0216. The van der Waals surface area contributed by atoms with Crippen LogP contribution in [-0.2, 0) is 4.79 Å². The number of benzene rings is 2. The predicted octanol–water partition coefficient (Wildman–Crippen LogP) is 5.20. The Morgan fingerprint density at radius 1 is 1.04 bits per heavy atom. The van der Waals surface area contributed by atoms with Crippen LogP contribution in [0.3, 0.4) is 0 Å². The van der Waals surface area contributed by atoms with Crippen molar-refractivity contribution in [1.82, 2.24) is 5.32 Å². The maximum Gasteiger partial charge on any atom is 0.257 e. The smallest absolute Gasteiger partial charge is 0.257 e. The number of hydrogen-bond acceptors (Lipinski definition) is 2. The molecule has 1 saturated carbocycles. The molecule has 3 rings (SSSR count). The summed E-state index contributed by atoms with van der Waals surface area (Å²) >= 11 is 5.86. The lowest BCUT2D eigenvalue weighted by Crippen LogP contribution is -2.35. The highest BCUT2D eigenvalue weighted by Gasteiger charge is 2.25. The van der Waals surface area contributed by atoms with Crippen LogP contribution >= 0.6 is 11.6 Å². The Morgan fingerprint density at radius 2 is 1.73 bits per heavy atom. The lowest BCUT2D eigenvalue weighted by Gasteiger charge is -2.31. The molecule has 26 heavy (non-hydrogen) atoms. The maximum atomic E-state index is 12.2. The average molecular weight is 372 g/mol. The van der Waals surface area contributed by atoms with Crippen molar-refractivity contribution in [2.24, 2.45) is 5.92 Å². The van der Waals surface area contributed by atoms with Crippen molar-refractivity contribution >= 4 is 17.5 Å². The quantitative estimate of drug-likeness (QED) is 0.726. The summed E-state index contributed by atoms with van der Waals surface area (Å²) in [7, 11) is 0. The first-order chi connectivity index (χ1) is 12.7. The molecule has 138 valence electrons. The molecular formula is C22H26ClNO2. The highest BCUT2D eigenvalue weighted by molar-refractivity contribution is 6.30. The fourth-order valence-electron chi connectivity index (χ4n) is 3.75. The summed E-state index contributed by atoms with van der Waals surface area (Å²) in [6.45, 7) is 0.686. The molecule has 0 heterocycles. The van der Waals surface area contributed by atoms with Crippen LogP contribution in [0.25, 0.3) is 0 Å². The van der Waals surface area contributed by atoms with Gasteiger partial charge in [0.2, 0.25) is 0 Å². The van der Waals surface area contributed by atoms with E-state index in [0.717, 1.165) is 0 Å². The third-order valence-electron chi connectivity index (χ3n) is 5.15. The summed E-state index contributed by atoms with van der Waals surface area (Å²) in [5.41, 5.74) is 1.32. The van der Waals surface area contributed by atoms with Crippen LogP contribution in [-0.4, -0.2) is 19.1 Å². The van der Waals surface area contributed by atoms with Crippen molar-refractivity contribution in [1.29, 1.82) is 0 Å². The number of rotatable bonds is 7. The molecule has 4 heteroatoms. The number of amides is 1. The van der Waals surface area contributed by atoms with Crippen LogP contribution in [0.5, 0.6) is 5.75 Å². The van der Waals surface area contributed by atoms with E-state index < -0.39 is 0 Å². The molecular weight excluding hydrogens is 346 g/mol. The molecule has 1 N–H and O–H groups in total. The molecule has 1 atom stereocenters. The number of nitrogens with one attached hydrogen (secondary N) is 1. The van der Waals surface area contributed by atoms with Crippen LogP contribution in [0.15, 0.2) is 54.6 Å². The van der Waals surface area contributed by atoms with E-state index >= 15 is 0 Å². The van der Waals surface area contributed by atoms with Crippen molar-refractivity contribution in [3.8, 4) is 5.75 Å². The van der Waals surface area contributed by atoms with E-state index in [1.807, 2.05) is 6.07 Å². The Hall–Kier alpha value is -2.00. The number of carbonyl (C=O) groups is 1. The molecule has 0 aromatic heterocycles. The van der Waals surface area contributed by atoms with E-state index in [4.69, 9.17) is 16.3 Å². The fourth-order valence-corrected chi connectivity index (χ4v) is 3.87. The van der Waals surface area contributed by atoms with Gasteiger partial charge in [0.25, 0.3) is 5.91 Å². The highest BCUT2D eigenvalue weighted by Crippen LogP contribution is 2.35. The molecule has 0 bridgehead atoms. The van der Waals surface area contributed by atoms with Gasteiger partial charge >= 0.3 is 0 Å². The van der Waals surface area contributed by atoms with Crippen molar-refractivity contribution in [3.63, 3.8) is 0 Å². The summed E-state index contributed by atoms with van der Waals surface area (Å²) < 4.78 is 5.54. The molecule has 0 radical (unpaired) electrons. The summed E-state index contributed by atoms with van der Waals surface area (Å²) in [5.74, 6) is 1.58. The Kier molecular flexibility index (Phi) is 6.96. The van der Waals surface area contributed by atoms with E-state index in [-0.39, 0.29) is 12.5 Å². The lowest BCUT2D eigenvalue weighted by atomic mass is 9.77. The largest absolute Gasteiger partial charge is 0.484 e. The van der Waals surface area contributed by atoms with Crippen LogP contribution < -0.4 is 10.1 Å². The van der Waals surface area contributed by atoms with Gasteiger partial charge in [0.1, 0.15) is 5.75 Å². The molecule has 1 amide bonds. The molecule has 0 unspecified atom stereocenters. The van der Waals surface area contributed by atoms with E-state index in [1.165, 1.54) is 37.7 Å².